The topological polar surface area (TPSA) is 64.4 Å². The minimum Gasteiger partial charge on any atom is -0.399 e. The second kappa shape index (κ2) is 8.02. The van der Waals surface area contributed by atoms with E-state index in [0.29, 0.717) is 23.4 Å². The zero-order valence-electron chi connectivity index (χ0n) is 13.7. The molecule has 2 aromatic carbocycles. The molecule has 2 aromatic rings. The van der Waals surface area contributed by atoms with Gasteiger partial charge in [-0.05, 0) is 35.7 Å². The Balaban J connectivity index is 1.87. The fraction of sp³-hybridized carbons (Fsp3) is 0.278. The molecule has 0 radical (unpaired) electrons. The van der Waals surface area contributed by atoms with Crippen molar-refractivity contribution in [3.8, 4) is 0 Å². The van der Waals surface area contributed by atoms with Crippen LogP contribution in [0, 0.1) is 6.92 Å². The molecule has 134 valence electrons. The molecule has 25 heavy (non-hydrogen) atoms. The van der Waals surface area contributed by atoms with Crippen LogP contribution < -0.4 is 11.1 Å². The van der Waals surface area contributed by atoms with Crippen molar-refractivity contribution in [1.82, 2.24) is 5.32 Å². The van der Waals surface area contributed by atoms with Crippen LogP contribution in [0.1, 0.15) is 27.0 Å². The zero-order valence-corrected chi connectivity index (χ0v) is 13.7. The Hall–Kier alpha value is -2.54. The summed E-state index contributed by atoms with van der Waals surface area (Å²) < 4.78 is 40.7. The van der Waals surface area contributed by atoms with Crippen molar-refractivity contribution < 1.29 is 22.7 Å². The number of benzene rings is 2. The van der Waals surface area contributed by atoms with Gasteiger partial charge in [0.15, 0.2) is 0 Å². The zero-order chi connectivity index (χ0) is 18.4. The first-order valence-corrected chi connectivity index (χ1v) is 7.61. The van der Waals surface area contributed by atoms with E-state index < -0.39 is 12.8 Å². The third-order valence-electron chi connectivity index (χ3n) is 3.52. The van der Waals surface area contributed by atoms with Crippen LogP contribution in [0.15, 0.2) is 42.5 Å². The van der Waals surface area contributed by atoms with Crippen LogP contribution in [0.2, 0.25) is 0 Å². The van der Waals surface area contributed by atoms with Gasteiger partial charge in [-0.1, -0.05) is 30.3 Å². The molecule has 0 atom stereocenters. The van der Waals surface area contributed by atoms with Crippen molar-refractivity contribution in [2.45, 2.75) is 26.3 Å². The molecule has 0 aliphatic heterocycles. The molecule has 0 aliphatic rings. The van der Waals surface area contributed by atoms with Gasteiger partial charge in [-0.25, -0.2) is 0 Å². The highest BCUT2D eigenvalue weighted by atomic mass is 19.4. The van der Waals surface area contributed by atoms with Crippen molar-refractivity contribution in [2.24, 2.45) is 0 Å². The van der Waals surface area contributed by atoms with Crippen molar-refractivity contribution in [3.63, 3.8) is 0 Å². The smallest absolute Gasteiger partial charge is 0.399 e. The summed E-state index contributed by atoms with van der Waals surface area (Å²) >= 11 is 0. The highest BCUT2D eigenvalue weighted by molar-refractivity contribution is 5.96. The molecular formula is C18H19F3N2O2. The number of nitrogens with two attached hydrogens (primary N) is 1. The second-order valence-corrected chi connectivity index (χ2v) is 5.68. The quantitative estimate of drug-likeness (QED) is 0.781. The van der Waals surface area contributed by atoms with Gasteiger partial charge in [0, 0.05) is 17.8 Å². The minimum atomic E-state index is -4.33. The van der Waals surface area contributed by atoms with Gasteiger partial charge >= 0.3 is 6.18 Å². The third-order valence-corrected chi connectivity index (χ3v) is 3.52. The van der Waals surface area contributed by atoms with Gasteiger partial charge in [0.1, 0.15) is 6.61 Å². The molecular weight excluding hydrogens is 333 g/mol. The van der Waals surface area contributed by atoms with Crippen molar-refractivity contribution in [2.75, 3.05) is 12.3 Å². The number of nitrogens with one attached hydrogen (secondary N) is 1. The molecule has 0 bridgehead atoms. The Bertz CT molecular complexity index is 728. The first-order chi connectivity index (χ1) is 11.7. The fourth-order valence-corrected chi connectivity index (χ4v) is 2.20. The van der Waals surface area contributed by atoms with E-state index in [1.807, 2.05) is 6.92 Å². The van der Waals surface area contributed by atoms with Gasteiger partial charge in [-0.15, -0.1) is 0 Å². The summed E-state index contributed by atoms with van der Waals surface area (Å²) in [6, 6.07) is 11.9. The second-order valence-electron chi connectivity index (χ2n) is 5.68. The predicted octanol–water partition coefficient (Wildman–Crippen LogP) is 3.59. The van der Waals surface area contributed by atoms with Crippen LogP contribution in [-0.2, 0) is 17.9 Å². The van der Waals surface area contributed by atoms with Gasteiger partial charge in [0.05, 0.1) is 6.61 Å². The van der Waals surface area contributed by atoms with Crippen LogP contribution in [0.25, 0.3) is 0 Å². The van der Waals surface area contributed by atoms with Crippen LogP contribution in [0.4, 0.5) is 18.9 Å². The third kappa shape index (κ3) is 6.11. The van der Waals surface area contributed by atoms with E-state index in [4.69, 9.17) is 5.73 Å². The van der Waals surface area contributed by atoms with E-state index >= 15 is 0 Å². The standard InChI is InChI=1S/C18H19F3N2O2/c1-12-2-7-15(22)8-16(12)17(24)23-9-13-3-5-14(6-4-13)10-25-11-18(19,20)21/h2-8H,9-11,22H2,1H3,(H,23,24). The number of carbonyl (C=O) groups excluding carboxylic acids is 1. The Morgan fingerprint density at radius 3 is 2.40 bits per heavy atom. The lowest BCUT2D eigenvalue weighted by atomic mass is 10.1. The van der Waals surface area contributed by atoms with Gasteiger partial charge in [0.25, 0.3) is 5.91 Å². The monoisotopic (exact) mass is 352 g/mol. The summed E-state index contributed by atoms with van der Waals surface area (Å²) in [5.74, 6) is -0.234. The highest BCUT2D eigenvalue weighted by Crippen LogP contribution is 2.16. The molecule has 2 rings (SSSR count). The molecule has 0 aromatic heterocycles. The van der Waals surface area contributed by atoms with Crippen LogP contribution in [0.5, 0.6) is 0 Å². The normalized spacial score (nSPS) is 11.4. The molecule has 0 fully saturated rings. The van der Waals surface area contributed by atoms with Crippen molar-refractivity contribution >= 4 is 11.6 Å². The maximum Gasteiger partial charge on any atom is 0.411 e. The number of amides is 1. The number of ether oxygens (including phenoxy) is 1. The Kier molecular flexibility index (Phi) is 6.03. The lowest BCUT2D eigenvalue weighted by molar-refractivity contribution is -0.176. The lowest BCUT2D eigenvalue weighted by Gasteiger charge is -2.10. The number of anilines is 1. The first-order valence-electron chi connectivity index (χ1n) is 7.61. The first kappa shape index (κ1) is 18.8. The number of alkyl halides is 3. The summed E-state index contributed by atoms with van der Waals surface area (Å²) in [5, 5.41) is 2.79. The number of halogens is 3. The molecule has 1 amide bonds. The van der Waals surface area contributed by atoms with E-state index in [0.717, 1.165) is 11.1 Å². The van der Waals surface area contributed by atoms with E-state index in [1.54, 1.807) is 42.5 Å². The van der Waals surface area contributed by atoms with Crippen LogP contribution >= 0.6 is 0 Å². The van der Waals surface area contributed by atoms with Crippen LogP contribution in [0.3, 0.4) is 0 Å². The van der Waals surface area contributed by atoms with Crippen molar-refractivity contribution in [1.29, 1.82) is 0 Å². The summed E-state index contributed by atoms with van der Waals surface area (Å²) in [4.78, 5) is 12.2. The van der Waals surface area contributed by atoms with E-state index in [9.17, 15) is 18.0 Å². The Morgan fingerprint density at radius 1 is 1.12 bits per heavy atom. The largest absolute Gasteiger partial charge is 0.411 e. The number of aryl methyl sites for hydroxylation is 1. The molecule has 0 unspecified atom stereocenters. The van der Waals surface area contributed by atoms with Gasteiger partial charge in [-0.2, -0.15) is 13.2 Å². The number of nitrogen functional groups attached to an aromatic ring is 1. The molecule has 0 spiro atoms. The molecule has 0 saturated carbocycles. The van der Waals surface area contributed by atoms with E-state index in [1.165, 1.54) is 0 Å². The number of carbonyl (C=O) groups is 1. The maximum absolute atomic E-state index is 12.2. The summed E-state index contributed by atoms with van der Waals surface area (Å²) in [7, 11) is 0. The Labute approximate surface area is 143 Å². The van der Waals surface area contributed by atoms with Crippen molar-refractivity contribution in [3.05, 3.63) is 64.7 Å². The van der Waals surface area contributed by atoms with E-state index in [2.05, 4.69) is 10.1 Å². The van der Waals surface area contributed by atoms with Gasteiger partial charge < -0.3 is 15.8 Å². The summed E-state index contributed by atoms with van der Waals surface area (Å²) in [6.07, 6.45) is -4.33. The molecule has 3 N–H and O–H groups in total. The average molecular weight is 352 g/mol. The van der Waals surface area contributed by atoms with E-state index in [-0.39, 0.29) is 12.5 Å². The molecule has 0 aliphatic carbocycles. The average Bonchev–Trinajstić information content (AvgIpc) is 2.55. The lowest BCUT2D eigenvalue weighted by Crippen LogP contribution is -2.23. The molecule has 0 heterocycles. The summed E-state index contributed by atoms with van der Waals surface area (Å²) in [5.41, 5.74) is 9.00. The number of rotatable bonds is 6. The maximum atomic E-state index is 12.2. The van der Waals surface area contributed by atoms with Gasteiger partial charge in [-0.3, -0.25) is 4.79 Å². The number of hydrogen-bond donors (Lipinski definition) is 2. The fourth-order valence-electron chi connectivity index (χ4n) is 2.20. The number of hydrogen-bond acceptors (Lipinski definition) is 3. The SMILES string of the molecule is Cc1ccc(N)cc1C(=O)NCc1ccc(COCC(F)(F)F)cc1. The predicted molar refractivity (Wildman–Crippen MR) is 88.9 cm³/mol. The minimum absolute atomic E-state index is 0.116. The molecule has 4 nitrogen and oxygen atoms in total. The molecule has 0 saturated heterocycles. The summed E-state index contributed by atoms with van der Waals surface area (Å²) in [6.45, 7) is 0.736. The van der Waals surface area contributed by atoms with Crippen LogP contribution in [-0.4, -0.2) is 18.7 Å². The Morgan fingerprint density at radius 2 is 1.76 bits per heavy atom. The van der Waals surface area contributed by atoms with Gasteiger partial charge in [0.2, 0.25) is 0 Å². The highest BCUT2D eigenvalue weighted by Gasteiger charge is 2.27. The molecule has 7 heteroatoms.